The molecule has 0 aromatic rings. The molecule has 3 unspecified atom stereocenters. The molecule has 5 nitrogen and oxygen atoms in total. The highest BCUT2D eigenvalue weighted by Gasteiger charge is 2.69. The number of fused-ring (bicyclic) bond motifs is 5. The fraction of sp³-hybridized carbons (Fsp3) is 0.848. The molecule has 0 spiro atoms. The maximum absolute atomic E-state index is 10.9. The lowest BCUT2D eigenvalue weighted by Gasteiger charge is -2.65. The molecule has 4 aliphatic carbocycles. The average molecular weight is 530 g/mol. The molecule has 0 aromatic heterocycles. The fourth-order valence-corrected chi connectivity index (χ4v) is 9.68. The molecular formula is C33H55NO4. The molecule has 3 N–H and O–H groups in total. The van der Waals surface area contributed by atoms with Gasteiger partial charge in [0, 0.05) is 10.8 Å². The molecule has 0 bridgehead atoms. The molecular weight excluding hydrogens is 474 g/mol. The number of allylic oxidation sites excluding steroid dienone is 1. The Morgan fingerprint density at radius 1 is 1.13 bits per heavy atom. The predicted octanol–water partition coefficient (Wildman–Crippen LogP) is 6.67. The molecule has 4 rings (SSSR count). The molecule has 0 aromatic carbocycles. The molecule has 9 atom stereocenters. The second kappa shape index (κ2) is 10.0. The van der Waals surface area contributed by atoms with Crippen LogP contribution in [-0.4, -0.2) is 45.4 Å². The Morgan fingerprint density at radius 2 is 1.82 bits per heavy atom. The van der Waals surface area contributed by atoms with Gasteiger partial charge in [-0.05, 0) is 99.7 Å². The summed E-state index contributed by atoms with van der Waals surface area (Å²) in [5.74, 6) is 1.78. The predicted molar refractivity (Wildman–Crippen MR) is 155 cm³/mol. The van der Waals surface area contributed by atoms with E-state index in [0.29, 0.717) is 36.7 Å². The second-order valence-electron chi connectivity index (χ2n) is 15.1. The first-order valence-corrected chi connectivity index (χ1v) is 15.1. The zero-order valence-electron chi connectivity index (χ0n) is 25.4. The quantitative estimate of drug-likeness (QED) is 0.186. The molecule has 38 heavy (non-hydrogen) atoms. The number of aliphatic hydroxyl groups excluding tert-OH is 2. The minimum Gasteiger partial charge on any atom is -0.392 e. The molecule has 5 heteroatoms. The summed E-state index contributed by atoms with van der Waals surface area (Å²) >= 11 is 0. The van der Waals surface area contributed by atoms with Crippen molar-refractivity contribution < 1.29 is 20.2 Å². The van der Waals surface area contributed by atoms with Gasteiger partial charge in [-0.25, -0.2) is 0 Å². The molecule has 216 valence electrons. The first-order valence-electron chi connectivity index (χ1n) is 15.1. The number of rotatable bonds is 8. The van der Waals surface area contributed by atoms with E-state index in [0.717, 1.165) is 32.1 Å². The summed E-state index contributed by atoms with van der Waals surface area (Å²) in [6.07, 6.45) is 10.9. The Hall–Kier alpha value is -1.17. The first-order chi connectivity index (χ1) is 17.5. The van der Waals surface area contributed by atoms with Crippen molar-refractivity contribution in [2.75, 3.05) is 6.61 Å². The fourth-order valence-electron chi connectivity index (χ4n) is 9.68. The van der Waals surface area contributed by atoms with Crippen molar-refractivity contribution in [3.8, 4) is 0 Å². The van der Waals surface area contributed by atoms with Gasteiger partial charge in [0.2, 0.25) is 0 Å². The number of oxime groups is 1. The SMILES string of the molecule is C=CCO/N=C1/C[C@]2(C)C([C@H](C)CC[C@@H](O)C(C)(C)O)CC[C@@]2(C)C2CC=C3C(CC[C@H](O)C3(C)C)[C@]12C. The van der Waals surface area contributed by atoms with Crippen molar-refractivity contribution >= 4 is 5.71 Å². The topological polar surface area (TPSA) is 82.3 Å². The van der Waals surface area contributed by atoms with Crippen LogP contribution in [-0.2, 0) is 4.84 Å². The summed E-state index contributed by atoms with van der Waals surface area (Å²) in [7, 11) is 0. The van der Waals surface area contributed by atoms with Crippen LogP contribution in [0.25, 0.3) is 0 Å². The number of hydrogen-bond acceptors (Lipinski definition) is 5. The minimum atomic E-state index is -1.07. The van der Waals surface area contributed by atoms with E-state index < -0.39 is 11.7 Å². The van der Waals surface area contributed by atoms with Crippen LogP contribution >= 0.6 is 0 Å². The Labute approximate surface area is 231 Å². The Balaban J connectivity index is 1.72. The van der Waals surface area contributed by atoms with Crippen molar-refractivity contribution in [2.45, 2.75) is 125 Å². The molecule has 0 heterocycles. The Morgan fingerprint density at radius 3 is 2.45 bits per heavy atom. The first kappa shape index (κ1) is 29.8. The lowest BCUT2D eigenvalue weighted by molar-refractivity contribution is -0.0927. The van der Waals surface area contributed by atoms with Crippen LogP contribution in [0.1, 0.15) is 107 Å². The maximum atomic E-state index is 10.9. The van der Waals surface area contributed by atoms with E-state index in [-0.39, 0.29) is 27.8 Å². The van der Waals surface area contributed by atoms with Gasteiger partial charge in [-0.1, -0.05) is 71.0 Å². The highest BCUT2D eigenvalue weighted by Crippen LogP contribution is 2.74. The Kier molecular flexibility index (Phi) is 7.87. The zero-order valence-corrected chi connectivity index (χ0v) is 25.4. The molecule has 4 aliphatic rings. The molecule has 0 amide bonds. The van der Waals surface area contributed by atoms with E-state index in [9.17, 15) is 15.3 Å². The van der Waals surface area contributed by atoms with Gasteiger partial charge < -0.3 is 20.2 Å². The zero-order chi connectivity index (χ0) is 28.3. The van der Waals surface area contributed by atoms with Gasteiger partial charge in [0.15, 0.2) is 0 Å². The maximum Gasteiger partial charge on any atom is 0.135 e. The van der Waals surface area contributed by atoms with E-state index in [4.69, 9.17) is 9.99 Å². The third-order valence-electron chi connectivity index (χ3n) is 12.5. The summed E-state index contributed by atoms with van der Waals surface area (Å²) in [5, 5.41) is 36.6. The average Bonchev–Trinajstić information content (AvgIpc) is 3.10. The van der Waals surface area contributed by atoms with Gasteiger partial charge >= 0.3 is 0 Å². The number of nitrogens with zero attached hydrogens (tertiary/aromatic N) is 1. The smallest absolute Gasteiger partial charge is 0.135 e. The summed E-state index contributed by atoms with van der Waals surface area (Å²) in [6.45, 7) is 21.9. The van der Waals surface area contributed by atoms with Gasteiger partial charge in [-0.15, -0.1) is 0 Å². The van der Waals surface area contributed by atoms with Crippen LogP contribution in [0.4, 0.5) is 0 Å². The van der Waals surface area contributed by atoms with Crippen molar-refractivity contribution in [3.05, 3.63) is 24.3 Å². The standard InChI is InChI=1S/C33H55NO4/c1-10-19-38-34-26-20-32(8)22(21(2)11-15-28(36)30(5,6)37)17-18-31(32,7)25-14-12-23-24(33(25,26)9)13-16-27(35)29(23,3)4/h10,12,21-22,24-25,27-28,35-37H,1,11,13-20H2,2-9H3/b34-26-/t21-,22?,24?,25?,27+,28-,31+,32-,33+/m1/s1. The minimum absolute atomic E-state index is 0.0711. The van der Waals surface area contributed by atoms with E-state index in [2.05, 4.69) is 54.2 Å². The van der Waals surface area contributed by atoms with Gasteiger partial charge in [0.25, 0.3) is 0 Å². The van der Waals surface area contributed by atoms with Crippen LogP contribution in [0.15, 0.2) is 29.5 Å². The monoisotopic (exact) mass is 529 g/mol. The lowest BCUT2D eigenvalue weighted by atomic mass is 9.38. The summed E-state index contributed by atoms with van der Waals surface area (Å²) in [6, 6.07) is 0. The second-order valence-corrected chi connectivity index (χ2v) is 15.1. The van der Waals surface area contributed by atoms with Gasteiger partial charge in [0.05, 0.1) is 23.5 Å². The summed E-state index contributed by atoms with van der Waals surface area (Å²) < 4.78 is 0. The molecule has 0 aliphatic heterocycles. The highest BCUT2D eigenvalue weighted by molar-refractivity contribution is 5.93. The van der Waals surface area contributed by atoms with E-state index in [1.165, 1.54) is 24.1 Å². The molecule has 0 radical (unpaired) electrons. The largest absolute Gasteiger partial charge is 0.392 e. The molecule has 3 saturated carbocycles. The summed E-state index contributed by atoms with van der Waals surface area (Å²) in [5.41, 5.74) is 1.45. The van der Waals surface area contributed by atoms with E-state index >= 15 is 0 Å². The normalized spacial score (nSPS) is 42.9. The van der Waals surface area contributed by atoms with Crippen LogP contribution in [0.3, 0.4) is 0 Å². The Bertz CT molecular complexity index is 963. The summed E-state index contributed by atoms with van der Waals surface area (Å²) in [4.78, 5) is 5.87. The van der Waals surface area contributed by atoms with Crippen LogP contribution in [0, 0.1) is 45.3 Å². The number of aliphatic hydroxyl groups is 3. The van der Waals surface area contributed by atoms with Crippen molar-refractivity contribution in [2.24, 2.45) is 50.5 Å². The number of hydrogen-bond donors (Lipinski definition) is 3. The molecule has 0 saturated heterocycles. The highest BCUT2D eigenvalue weighted by atomic mass is 16.6. The molecule has 3 fully saturated rings. The van der Waals surface area contributed by atoms with Crippen LogP contribution in [0.5, 0.6) is 0 Å². The van der Waals surface area contributed by atoms with E-state index in [1.807, 2.05) is 0 Å². The van der Waals surface area contributed by atoms with Gasteiger partial charge in [-0.2, -0.15) is 0 Å². The van der Waals surface area contributed by atoms with Crippen molar-refractivity contribution in [3.63, 3.8) is 0 Å². The third kappa shape index (κ3) is 4.43. The van der Waals surface area contributed by atoms with Crippen LogP contribution < -0.4 is 0 Å². The van der Waals surface area contributed by atoms with Crippen molar-refractivity contribution in [1.29, 1.82) is 0 Å². The van der Waals surface area contributed by atoms with Crippen molar-refractivity contribution in [1.82, 2.24) is 0 Å². The lowest BCUT2D eigenvalue weighted by Crippen LogP contribution is -2.63. The van der Waals surface area contributed by atoms with E-state index in [1.54, 1.807) is 19.9 Å². The van der Waals surface area contributed by atoms with Crippen LogP contribution in [0.2, 0.25) is 0 Å². The van der Waals surface area contributed by atoms with Gasteiger partial charge in [-0.3, -0.25) is 0 Å². The van der Waals surface area contributed by atoms with Gasteiger partial charge in [0.1, 0.15) is 6.61 Å². The third-order valence-corrected chi connectivity index (χ3v) is 12.5.